The summed E-state index contributed by atoms with van der Waals surface area (Å²) < 4.78 is 4.80. The van der Waals surface area contributed by atoms with Crippen LogP contribution in [0.4, 0.5) is 0 Å². The Labute approximate surface area is 342 Å². The van der Waals surface area contributed by atoms with E-state index >= 15 is 0 Å². The second-order valence-electron chi connectivity index (χ2n) is 15.8. The Morgan fingerprint density at radius 2 is 0.931 bits per heavy atom. The van der Waals surface area contributed by atoms with Crippen molar-refractivity contribution in [1.82, 2.24) is 9.13 Å². The molecule has 8 aromatic carbocycles. The quantitative estimate of drug-likeness (QED) is 0.170. The molecular formula is C55H38N2S. The van der Waals surface area contributed by atoms with Crippen LogP contribution in [0.2, 0.25) is 0 Å². The van der Waals surface area contributed by atoms with Gasteiger partial charge in [-0.2, -0.15) is 0 Å². The Balaban J connectivity index is 1.01. The molecule has 0 bridgehead atoms. The van der Waals surface area contributed by atoms with Crippen LogP contribution in [-0.2, 0) is 4.75 Å². The highest BCUT2D eigenvalue weighted by molar-refractivity contribution is 8.00. The maximum atomic E-state index is 2.55. The molecule has 0 N–H and O–H groups in total. The van der Waals surface area contributed by atoms with Gasteiger partial charge < -0.3 is 9.13 Å². The highest BCUT2D eigenvalue weighted by Gasteiger charge is 2.49. The summed E-state index contributed by atoms with van der Waals surface area (Å²) in [6.45, 7) is 2.46. The minimum absolute atomic E-state index is 0.162. The number of thioether (sulfide) groups is 1. The molecule has 2 unspecified atom stereocenters. The van der Waals surface area contributed by atoms with E-state index in [9.17, 15) is 0 Å². The lowest BCUT2D eigenvalue weighted by Gasteiger charge is -2.34. The van der Waals surface area contributed by atoms with Gasteiger partial charge in [0.25, 0.3) is 0 Å². The minimum Gasteiger partial charge on any atom is -0.312 e. The molecule has 0 fully saturated rings. The smallest absolute Gasteiger partial charge is 0.0692 e. The van der Waals surface area contributed by atoms with Crippen molar-refractivity contribution in [2.75, 3.05) is 0 Å². The summed E-state index contributed by atoms with van der Waals surface area (Å²) in [6.07, 6.45) is 4.87. The molecule has 0 saturated heterocycles. The van der Waals surface area contributed by atoms with Crippen LogP contribution in [0.25, 0.3) is 83.5 Å². The van der Waals surface area contributed by atoms with Gasteiger partial charge in [0.2, 0.25) is 0 Å². The molecular weight excluding hydrogens is 721 g/mol. The van der Waals surface area contributed by atoms with E-state index in [1.807, 2.05) is 11.8 Å². The molecule has 1 aliphatic carbocycles. The van der Waals surface area contributed by atoms with Crippen molar-refractivity contribution in [2.24, 2.45) is 0 Å². The van der Waals surface area contributed by atoms with E-state index in [1.165, 1.54) is 93.5 Å². The molecule has 0 saturated carbocycles. The zero-order valence-electron chi connectivity index (χ0n) is 32.0. The molecule has 10 aromatic rings. The van der Waals surface area contributed by atoms with Crippen LogP contribution >= 0.6 is 11.8 Å². The first kappa shape index (κ1) is 33.3. The number of para-hydroxylation sites is 1. The van der Waals surface area contributed by atoms with Crippen molar-refractivity contribution < 1.29 is 0 Å². The number of rotatable bonds is 5. The monoisotopic (exact) mass is 758 g/mol. The average Bonchev–Trinajstić information content (AvgIpc) is 3.92. The van der Waals surface area contributed by atoms with Gasteiger partial charge in [-0.15, -0.1) is 11.8 Å². The Bertz CT molecular complexity index is 3240. The highest BCUT2D eigenvalue weighted by Crippen LogP contribution is 2.63. The number of benzene rings is 8. The normalized spacial score (nSPS) is 16.8. The van der Waals surface area contributed by atoms with Crippen LogP contribution in [0.1, 0.15) is 29.7 Å². The van der Waals surface area contributed by atoms with Gasteiger partial charge in [-0.25, -0.2) is 0 Å². The van der Waals surface area contributed by atoms with Crippen LogP contribution in [0.5, 0.6) is 0 Å². The van der Waals surface area contributed by atoms with E-state index in [1.54, 1.807) is 0 Å². The third-order valence-corrected chi connectivity index (χ3v) is 14.0. The van der Waals surface area contributed by atoms with Crippen molar-refractivity contribution in [2.45, 2.75) is 22.5 Å². The summed E-state index contributed by atoms with van der Waals surface area (Å²) in [5, 5.41) is 3.80. The fraction of sp³-hybridized carbons (Fsp3) is 0.0545. The summed E-state index contributed by atoms with van der Waals surface area (Å²) in [5.74, 6) is 0.293. The number of aromatic nitrogens is 2. The van der Waals surface area contributed by atoms with Gasteiger partial charge >= 0.3 is 0 Å². The zero-order valence-corrected chi connectivity index (χ0v) is 32.8. The molecule has 58 heavy (non-hydrogen) atoms. The predicted molar refractivity (Wildman–Crippen MR) is 245 cm³/mol. The first-order valence-corrected chi connectivity index (χ1v) is 20.9. The summed E-state index contributed by atoms with van der Waals surface area (Å²) in [6, 6.07) is 71.3. The molecule has 12 rings (SSSR count). The fourth-order valence-electron chi connectivity index (χ4n) is 9.81. The van der Waals surface area contributed by atoms with E-state index in [2.05, 4.69) is 222 Å². The van der Waals surface area contributed by atoms with Crippen LogP contribution in [0.3, 0.4) is 0 Å². The molecule has 2 nitrogen and oxygen atoms in total. The number of hydrogen-bond acceptors (Lipinski definition) is 1. The summed E-state index contributed by atoms with van der Waals surface area (Å²) in [7, 11) is 0. The third-order valence-electron chi connectivity index (χ3n) is 12.6. The Morgan fingerprint density at radius 3 is 1.60 bits per heavy atom. The summed E-state index contributed by atoms with van der Waals surface area (Å²) >= 11 is 2.02. The first-order chi connectivity index (χ1) is 28.6. The molecule has 2 atom stereocenters. The van der Waals surface area contributed by atoms with Crippen LogP contribution in [0.15, 0.2) is 205 Å². The van der Waals surface area contributed by atoms with Crippen LogP contribution in [0, 0.1) is 0 Å². The van der Waals surface area contributed by atoms with E-state index < -0.39 is 0 Å². The maximum Gasteiger partial charge on any atom is 0.0692 e. The summed E-state index contributed by atoms with van der Waals surface area (Å²) in [4.78, 5) is 1.38. The molecule has 0 spiro atoms. The van der Waals surface area contributed by atoms with Crippen LogP contribution < -0.4 is 0 Å². The van der Waals surface area contributed by atoms with E-state index in [4.69, 9.17) is 0 Å². The second-order valence-corrected chi connectivity index (χ2v) is 17.3. The largest absolute Gasteiger partial charge is 0.312 e. The van der Waals surface area contributed by atoms with Gasteiger partial charge in [-0.1, -0.05) is 146 Å². The molecule has 3 heteroatoms. The van der Waals surface area contributed by atoms with Gasteiger partial charge in [0.15, 0.2) is 0 Å². The third kappa shape index (κ3) is 5.00. The zero-order chi connectivity index (χ0) is 38.4. The van der Waals surface area contributed by atoms with Crippen molar-refractivity contribution in [1.29, 1.82) is 0 Å². The highest BCUT2D eigenvalue weighted by atomic mass is 32.2. The fourth-order valence-corrected chi connectivity index (χ4v) is 11.4. The lowest BCUT2D eigenvalue weighted by atomic mass is 9.79. The van der Waals surface area contributed by atoms with Crippen molar-refractivity contribution in [3.63, 3.8) is 0 Å². The van der Waals surface area contributed by atoms with Gasteiger partial charge in [0.1, 0.15) is 0 Å². The first-order valence-electron chi connectivity index (χ1n) is 20.1. The molecule has 2 aromatic heterocycles. The van der Waals surface area contributed by atoms with E-state index in [-0.39, 0.29) is 4.75 Å². The molecule has 3 heterocycles. The van der Waals surface area contributed by atoms with Crippen molar-refractivity contribution >= 4 is 50.5 Å². The lowest BCUT2D eigenvalue weighted by molar-refractivity contribution is 0.593. The van der Waals surface area contributed by atoms with Gasteiger partial charge in [0, 0.05) is 49.6 Å². The Morgan fingerprint density at radius 1 is 0.431 bits per heavy atom. The Hall–Kier alpha value is -6.81. The lowest BCUT2D eigenvalue weighted by Crippen LogP contribution is -2.27. The van der Waals surface area contributed by atoms with Crippen molar-refractivity contribution in [3.8, 4) is 44.8 Å². The summed E-state index contributed by atoms with van der Waals surface area (Å²) in [5.41, 5.74) is 17.5. The van der Waals surface area contributed by atoms with Gasteiger partial charge in [-0.3, -0.25) is 0 Å². The average molecular weight is 759 g/mol. The molecule has 2 aliphatic rings. The molecule has 1 aliphatic heterocycles. The predicted octanol–water partition coefficient (Wildman–Crippen LogP) is 14.9. The minimum atomic E-state index is -0.162. The topological polar surface area (TPSA) is 9.86 Å². The number of nitrogens with zero attached hydrogens (tertiary/aromatic N) is 2. The number of fused-ring (bicyclic) bond motifs is 10. The van der Waals surface area contributed by atoms with Gasteiger partial charge in [0.05, 0.1) is 21.3 Å². The van der Waals surface area contributed by atoms with E-state index in [0.29, 0.717) is 5.92 Å². The molecule has 0 radical (unpaired) electrons. The molecule has 0 amide bonds. The molecule has 274 valence electrons. The van der Waals surface area contributed by atoms with Crippen LogP contribution in [-0.4, -0.2) is 9.13 Å². The standard InChI is InChI=1S/C55H38N2S/c1-55-49(46-17-9-11-19-53(46)58-55)31-30-45-48-35-41(25-33-52(48)57(54(45)55)43-28-22-39(23-29-43)37-14-6-3-7-15-37)40-24-32-51-47(34-40)44-16-8-10-18-50(44)56(51)42-26-20-38(21-27-42)36-12-4-2-5-13-36/h2-35,49H,1H3. The van der Waals surface area contributed by atoms with Crippen molar-refractivity contribution in [3.05, 3.63) is 217 Å². The van der Waals surface area contributed by atoms with E-state index in [0.717, 1.165) is 5.69 Å². The number of hydrogen-bond donors (Lipinski definition) is 0. The van der Waals surface area contributed by atoms with Gasteiger partial charge in [-0.05, 0) is 107 Å². The maximum absolute atomic E-state index is 2.55. The second kappa shape index (κ2) is 12.9. The SMILES string of the molecule is CC12Sc3ccccc3C1C=Cc1c2n(-c2ccc(-c3ccccc3)cc2)c2ccc(-c3ccc4c(c3)c3ccccc3n4-c3ccc(-c4ccccc4)cc3)cc12. The Kier molecular flexibility index (Phi) is 7.39. The number of allylic oxidation sites excluding steroid dienone is 1.